The van der Waals surface area contributed by atoms with Crippen molar-refractivity contribution in [3.8, 4) is 39.2 Å². The van der Waals surface area contributed by atoms with Gasteiger partial charge in [-0.25, -0.2) is 0 Å². The number of benzene rings is 3. The smallest absolute Gasteiger partial charge is 0.170 e. The first-order valence-corrected chi connectivity index (χ1v) is 12.5. The maximum Gasteiger partial charge on any atom is 0.170 e. The summed E-state index contributed by atoms with van der Waals surface area (Å²) < 4.78 is 30.1. The second-order valence-electron chi connectivity index (χ2n) is 8.23. The third-order valence-corrected chi connectivity index (χ3v) is 7.17. The minimum Gasteiger partial charge on any atom is -0.493 e. The number of fused-ring (bicyclic) bond motifs is 1. The number of morpholine rings is 1. The van der Waals surface area contributed by atoms with Gasteiger partial charge in [0.25, 0.3) is 0 Å². The Morgan fingerprint density at radius 1 is 0.829 bits per heavy atom. The first kappa shape index (κ1) is 23.5. The summed E-state index contributed by atoms with van der Waals surface area (Å²) in [6.45, 7) is 4.94. The molecule has 35 heavy (non-hydrogen) atoms. The van der Waals surface area contributed by atoms with Gasteiger partial charge in [0.1, 0.15) is 12.4 Å². The molecule has 0 bridgehead atoms. The molecule has 0 spiro atoms. The van der Waals surface area contributed by atoms with Crippen molar-refractivity contribution >= 4 is 21.4 Å². The standard InChI is InChI=1S/C28H29NO5S/c1-30-23-9-7-21(28-18-20-5-3-4-6-27(20)35-28)17-26(23)34-24-10-8-22(19-25(24)31-2)33-16-13-29-11-14-32-15-12-29/h3-10,17-19H,11-16H2,1-2H3. The van der Waals surface area contributed by atoms with E-state index in [0.717, 1.165) is 44.2 Å². The van der Waals surface area contributed by atoms with Crippen LogP contribution in [0.5, 0.6) is 28.7 Å². The van der Waals surface area contributed by atoms with Gasteiger partial charge in [-0.15, -0.1) is 11.3 Å². The van der Waals surface area contributed by atoms with Crippen LogP contribution in [0.1, 0.15) is 0 Å². The molecule has 0 radical (unpaired) electrons. The molecule has 1 saturated heterocycles. The molecule has 0 aliphatic carbocycles. The SMILES string of the molecule is COc1cc(OCCN2CCOCC2)ccc1Oc1cc(-c2cc3ccccc3s2)ccc1OC. The van der Waals surface area contributed by atoms with Gasteiger partial charge in [-0.2, -0.15) is 0 Å². The van der Waals surface area contributed by atoms with Gasteiger partial charge in [-0.1, -0.05) is 18.2 Å². The summed E-state index contributed by atoms with van der Waals surface area (Å²) in [6, 6.07) is 22.2. The number of methoxy groups -OCH3 is 2. The fourth-order valence-electron chi connectivity index (χ4n) is 4.09. The normalized spacial score (nSPS) is 14.1. The maximum atomic E-state index is 6.29. The number of nitrogens with zero attached hydrogens (tertiary/aromatic N) is 1. The number of hydrogen-bond acceptors (Lipinski definition) is 7. The first-order chi connectivity index (χ1) is 17.2. The van der Waals surface area contributed by atoms with Crippen LogP contribution < -0.4 is 18.9 Å². The lowest BCUT2D eigenvalue weighted by Gasteiger charge is -2.26. The lowest BCUT2D eigenvalue weighted by Crippen LogP contribution is -2.38. The average molecular weight is 492 g/mol. The first-order valence-electron chi connectivity index (χ1n) is 11.7. The minimum atomic E-state index is 0.597. The van der Waals surface area contributed by atoms with Gasteiger partial charge in [0.05, 0.1) is 27.4 Å². The van der Waals surface area contributed by atoms with Crippen LogP contribution in [0.3, 0.4) is 0 Å². The van der Waals surface area contributed by atoms with E-state index in [4.69, 9.17) is 23.7 Å². The Hall–Kier alpha value is -3.26. The molecule has 182 valence electrons. The van der Waals surface area contributed by atoms with Crippen molar-refractivity contribution in [3.05, 3.63) is 66.7 Å². The molecule has 2 heterocycles. The second-order valence-corrected chi connectivity index (χ2v) is 9.32. The lowest BCUT2D eigenvalue weighted by molar-refractivity contribution is 0.0322. The molecular formula is C28H29NO5S. The number of hydrogen-bond donors (Lipinski definition) is 0. The Morgan fingerprint density at radius 2 is 1.63 bits per heavy atom. The third kappa shape index (κ3) is 5.53. The van der Waals surface area contributed by atoms with Gasteiger partial charge >= 0.3 is 0 Å². The molecule has 1 aromatic heterocycles. The monoisotopic (exact) mass is 491 g/mol. The summed E-state index contributed by atoms with van der Waals surface area (Å²) >= 11 is 1.76. The van der Waals surface area contributed by atoms with E-state index in [-0.39, 0.29) is 0 Å². The van der Waals surface area contributed by atoms with Crippen molar-refractivity contribution in [2.45, 2.75) is 0 Å². The van der Waals surface area contributed by atoms with Crippen molar-refractivity contribution in [1.82, 2.24) is 4.90 Å². The summed E-state index contributed by atoms with van der Waals surface area (Å²) in [5.41, 5.74) is 1.07. The van der Waals surface area contributed by atoms with Crippen LogP contribution in [0.15, 0.2) is 66.7 Å². The van der Waals surface area contributed by atoms with E-state index >= 15 is 0 Å². The molecular weight excluding hydrogens is 462 g/mol. The van der Waals surface area contributed by atoms with Gasteiger partial charge in [0.15, 0.2) is 23.0 Å². The third-order valence-electron chi connectivity index (χ3n) is 6.01. The van der Waals surface area contributed by atoms with E-state index in [0.29, 0.717) is 29.6 Å². The summed E-state index contributed by atoms with van der Waals surface area (Å²) in [7, 11) is 3.27. The van der Waals surface area contributed by atoms with E-state index in [1.54, 1.807) is 25.6 Å². The van der Waals surface area contributed by atoms with E-state index in [2.05, 4.69) is 41.3 Å². The Kier molecular flexibility index (Phi) is 7.37. The predicted molar refractivity (Wildman–Crippen MR) is 140 cm³/mol. The van der Waals surface area contributed by atoms with Gasteiger partial charge in [-0.3, -0.25) is 4.90 Å². The maximum absolute atomic E-state index is 6.29. The zero-order chi connectivity index (χ0) is 24.0. The number of thiophene rings is 1. The Bertz CT molecular complexity index is 1250. The van der Waals surface area contributed by atoms with Crippen molar-refractivity contribution in [2.75, 3.05) is 53.7 Å². The molecule has 6 nitrogen and oxygen atoms in total. The van der Waals surface area contributed by atoms with E-state index < -0.39 is 0 Å². The summed E-state index contributed by atoms with van der Waals surface area (Å²) in [5, 5.41) is 1.23. The zero-order valence-corrected chi connectivity index (χ0v) is 20.8. The Morgan fingerprint density at radius 3 is 2.43 bits per heavy atom. The fourth-order valence-corrected chi connectivity index (χ4v) is 5.15. The van der Waals surface area contributed by atoms with Crippen LogP contribution in [-0.2, 0) is 4.74 Å². The van der Waals surface area contributed by atoms with Crippen LogP contribution in [0.25, 0.3) is 20.5 Å². The molecule has 0 atom stereocenters. The van der Waals surface area contributed by atoms with Crippen LogP contribution in [0.2, 0.25) is 0 Å². The lowest BCUT2D eigenvalue weighted by atomic mass is 10.1. The molecule has 1 aliphatic heterocycles. The van der Waals surface area contributed by atoms with E-state index in [1.165, 1.54) is 15.0 Å². The molecule has 0 saturated carbocycles. The molecule has 1 fully saturated rings. The minimum absolute atomic E-state index is 0.597. The van der Waals surface area contributed by atoms with E-state index in [9.17, 15) is 0 Å². The topological polar surface area (TPSA) is 49.4 Å². The van der Waals surface area contributed by atoms with Crippen LogP contribution in [0, 0.1) is 0 Å². The number of rotatable bonds is 9. The zero-order valence-electron chi connectivity index (χ0n) is 20.0. The fraction of sp³-hybridized carbons (Fsp3) is 0.286. The van der Waals surface area contributed by atoms with Gasteiger partial charge in [0.2, 0.25) is 0 Å². The van der Waals surface area contributed by atoms with Crippen LogP contribution >= 0.6 is 11.3 Å². The van der Waals surface area contributed by atoms with Gasteiger partial charge in [-0.05, 0) is 53.4 Å². The summed E-state index contributed by atoms with van der Waals surface area (Å²) in [4.78, 5) is 3.52. The molecule has 0 N–H and O–H groups in total. The molecule has 5 rings (SSSR count). The van der Waals surface area contributed by atoms with Gasteiger partial charge < -0.3 is 23.7 Å². The van der Waals surface area contributed by atoms with Crippen LogP contribution in [-0.4, -0.2) is 58.6 Å². The quantitative estimate of drug-likeness (QED) is 0.282. The van der Waals surface area contributed by atoms with Gasteiger partial charge in [0, 0.05) is 35.3 Å². The average Bonchev–Trinajstić information content (AvgIpc) is 3.34. The van der Waals surface area contributed by atoms with Crippen molar-refractivity contribution in [3.63, 3.8) is 0 Å². The molecule has 0 amide bonds. The highest BCUT2D eigenvalue weighted by Crippen LogP contribution is 2.42. The van der Waals surface area contributed by atoms with Crippen molar-refractivity contribution in [2.24, 2.45) is 0 Å². The van der Waals surface area contributed by atoms with Crippen molar-refractivity contribution < 1.29 is 23.7 Å². The predicted octanol–water partition coefficient (Wildman–Crippen LogP) is 6.09. The highest BCUT2D eigenvalue weighted by molar-refractivity contribution is 7.22. The van der Waals surface area contributed by atoms with Crippen molar-refractivity contribution in [1.29, 1.82) is 0 Å². The molecule has 7 heteroatoms. The molecule has 4 aromatic rings. The molecule has 3 aromatic carbocycles. The second kappa shape index (κ2) is 11.0. The highest BCUT2D eigenvalue weighted by Gasteiger charge is 2.15. The Balaban J connectivity index is 1.33. The van der Waals surface area contributed by atoms with E-state index in [1.807, 2.05) is 30.3 Å². The largest absolute Gasteiger partial charge is 0.493 e. The van der Waals surface area contributed by atoms with Crippen LogP contribution in [0.4, 0.5) is 0 Å². The molecule has 1 aliphatic rings. The number of ether oxygens (including phenoxy) is 5. The summed E-state index contributed by atoms with van der Waals surface area (Å²) in [6.07, 6.45) is 0. The summed E-state index contributed by atoms with van der Waals surface area (Å²) in [5.74, 6) is 3.22. The highest BCUT2D eigenvalue weighted by atomic mass is 32.1. The molecule has 0 unspecified atom stereocenters. The Labute approximate surface area is 209 Å².